The van der Waals surface area contributed by atoms with E-state index in [0.717, 1.165) is 18.7 Å². The van der Waals surface area contributed by atoms with Gasteiger partial charge in [0.2, 0.25) is 0 Å². The topological polar surface area (TPSA) is 20.3 Å². The molecule has 0 saturated carbocycles. The molecule has 1 aliphatic heterocycles. The maximum Gasteiger partial charge on any atom is 0.187 e. The molecule has 0 spiro atoms. The molecule has 2 rings (SSSR count). The quantitative estimate of drug-likeness (QED) is 0.585. The van der Waals surface area contributed by atoms with Crippen molar-refractivity contribution in [1.82, 2.24) is 4.90 Å². The number of rotatable bonds is 3. The number of benzene rings is 1. The Morgan fingerprint density at radius 3 is 2.29 bits per heavy atom. The Kier molecular flexibility index (Phi) is 4.37. The highest BCUT2D eigenvalue weighted by molar-refractivity contribution is 6.04. The second kappa shape index (κ2) is 6.24. The van der Waals surface area contributed by atoms with Crippen LogP contribution in [0.5, 0.6) is 0 Å². The van der Waals surface area contributed by atoms with E-state index < -0.39 is 0 Å². The van der Waals surface area contributed by atoms with Crippen molar-refractivity contribution in [3.8, 4) is 0 Å². The van der Waals surface area contributed by atoms with Gasteiger partial charge < -0.3 is 4.90 Å². The number of allylic oxidation sites excluding steroid dienone is 1. The maximum atomic E-state index is 11.9. The Balaban J connectivity index is 1.93. The number of hydrogen-bond donors (Lipinski definition) is 0. The summed E-state index contributed by atoms with van der Waals surface area (Å²) in [5.74, 6) is 0.0925. The Morgan fingerprint density at radius 2 is 1.65 bits per heavy atom. The highest BCUT2D eigenvalue weighted by Gasteiger charge is 2.05. The third-order valence-electron chi connectivity index (χ3n) is 3.14. The van der Waals surface area contributed by atoms with Crippen LogP contribution in [0.15, 0.2) is 42.6 Å². The van der Waals surface area contributed by atoms with Crippen LogP contribution in [-0.4, -0.2) is 23.8 Å². The van der Waals surface area contributed by atoms with E-state index in [1.54, 1.807) is 6.08 Å². The molecule has 17 heavy (non-hydrogen) atoms. The summed E-state index contributed by atoms with van der Waals surface area (Å²) in [6.07, 6.45) is 8.77. The van der Waals surface area contributed by atoms with E-state index in [1.807, 2.05) is 36.5 Å². The number of hydrogen-bond acceptors (Lipinski definition) is 2. The molecule has 0 N–H and O–H groups in total. The van der Waals surface area contributed by atoms with Gasteiger partial charge in [0.1, 0.15) is 0 Å². The standard InChI is InChI=1S/C15H19NO/c17-15(14-8-4-3-5-9-14)10-13-16-11-6-1-2-7-12-16/h3-5,8-10,13H,1-2,6-7,11-12H2. The molecule has 1 heterocycles. The van der Waals surface area contributed by atoms with Crippen LogP contribution in [0.1, 0.15) is 36.0 Å². The van der Waals surface area contributed by atoms with Crippen LogP contribution >= 0.6 is 0 Å². The zero-order valence-electron chi connectivity index (χ0n) is 10.1. The summed E-state index contributed by atoms with van der Waals surface area (Å²) in [4.78, 5) is 14.1. The summed E-state index contributed by atoms with van der Waals surface area (Å²) in [6, 6.07) is 9.43. The molecule has 0 bridgehead atoms. The van der Waals surface area contributed by atoms with Crippen molar-refractivity contribution in [2.45, 2.75) is 25.7 Å². The highest BCUT2D eigenvalue weighted by atomic mass is 16.1. The number of carbonyl (C=O) groups excluding carboxylic acids is 1. The van der Waals surface area contributed by atoms with Crippen LogP contribution in [0.4, 0.5) is 0 Å². The summed E-state index contributed by atoms with van der Waals surface area (Å²) in [6.45, 7) is 2.16. The van der Waals surface area contributed by atoms with Gasteiger partial charge >= 0.3 is 0 Å². The fraction of sp³-hybridized carbons (Fsp3) is 0.400. The number of nitrogens with zero attached hydrogens (tertiary/aromatic N) is 1. The highest BCUT2D eigenvalue weighted by Crippen LogP contribution is 2.10. The smallest absolute Gasteiger partial charge is 0.187 e. The second-order valence-corrected chi connectivity index (χ2v) is 4.50. The van der Waals surface area contributed by atoms with E-state index in [1.165, 1.54) is 25.7 Å². The molecule has 1 fully saturated rings. The minimum absolute atomic E-state index is 0.0925. The molecule has 1 aliphatic rings. The molecular weight excluding hydrogens is 210 g/mol. The van der Waals surface area contributed by atoms with Gasteiger partial charge in [-0.25, -0.2) is 0 Å². The van der Waals surface area contributed by atoms with Gasteiger partial charge in [0, 0.05) is 30.9 Å². The SMILES string of the molecule is O=C(C=CN1CCCCCC1)c1ccccc1. The molecule has 0 atom stereocenters. The van der Waals surface area contributed by atoms with Crippen LogP contribution in [0.2, 0.25) is 0 Å². The van der Waals surface area contributed by atoms with Gasteiger partial charge in [0.15, 0.2) is 5.78 Å². The molecule has 0 amide bonds. The summed E-state index contributed by atoms with van der Waals surface area (Å²) < 4.78 is 0. The van der Waals surface area contributed by atoms with Gasteiger partial charge in [-0.15, -0.1) is 0 Å². The van der Waals surface area contributed by atoms with Crippen LogP contribution in [0, 0.1) is 0 Å². The molecule has 0 radical (unpaired) electrons. The van der Waals surface area contributed by atoms with Gasteiger partial charge in [-0.3, -0.25) is 4.79 Å². The van der Waals surface area contributed by atoms with E-state index in [0.29, 0.717) is 0 Å². The summed E-state index contributed by atoms with van der Waals surface area (Å²) >= 11 is 0. The minimum Gasteiger partial charge on any atom is -0.377 e. The number of ketones is 1. The van der Waals surface area contributed by atoms with Gasteiger partial charge in [0.25, 0.3) is 0 Å². The first-order valence-corrected chi connectivity index (χ1v) is 6.38. The average molecular weight is 229 g/mol. The van der Waals surface area contributed by atoms with Gasteiger partial charge in [-0.1, -0.05) is 43.2 Å². The zero-order valence-corrected chi connectivity index (χ0v) is 10.1. The monoisotopic (exact) mass is 229 g/mol. The molecule has 90 valence electrons. The van der Waals surface area contributed by atoms with Crippen molar-refractivity contribution in [3.63, 3.8) is 0 Å². The molecule has 2 heteroatoms. The zero-order chi connectivity index (χ0) is 11.9. The first kappa shape index (κ1) is 11.9. The summed E-state index contributed by atoms with van der Waals surface area (Å²) in [7, 11) is 0. The normalized spacial score (nSPS) is 17.1. The van der Waals surface area contributed by atoms with Crippen molar-refractivity contribution in [2.75, 3.05) is 13.1 Å². The second-order valence-electron chi connectivity index (χ2n) is 4.50. The fourth-order valence-electron chi connectivity index (χ4n) is 2.12. The molecule has 1 aromatic rings. The molecule has 0 unspecified atom stereocenters. The van der Waals surface area contributed by atoms with E-state index >= 15 is 0 Å². The van der Waals surface area contributed by atoms with Gasteiger partial charge in [0.05, 0.1) is 0 Å². The Bertz CT molecular complexity index is 375. The largest absolute Gasteiger partial charge is 0.377 e. The van der Waals surface area contributed by atoms with Crippen molar-refractivity contribution in [1.29, 1.82) is 0 Å². The molecule has 0 aliphatic carbocycles. The van der Waals surface area contributed by atoms with E-state index in [4.69, 9.17) is 0 Å². The van der Waals surface area contributed by atoms with E-state index in [9.17, 15) is 4.79 Å². The van der Waals surface area contributed by atoms with E-state index in [2.05, 4.69) is 4.90 Å². The Morgan fingerprint density at radius 1 is 1.00 bits per heavy atom. The lowest BCUT2D eigenvalue weighted by molar-refractivity contribution is 0.104. The van der Waals surface area contributed by atoms with Gasteiger partial charge in [-0.05, 0) is 12.8 Å². The predicted octanol–water partition coefficient (Wildman–Crippen LogP) is 3.26. The fourth-order valence-corrected chi connectivity index (χ4v) is 2.12. The Hall–Kier alpha value is -1.57. The average Bonchev–Trinajstić information content (AvgIpc) is 2.65. The molecule has 2 nitrogen and oxygen atoms in total. The number of carbonyl (C=O) groups is 1. The lowest BCUT2D eigenvalue weighted by atomic mass is 10.1. The lowest BCUT2D eigenvalue weighted by Crippen LogP contribution is -2.18. The van der Waals surface area contributed by atoms with Crippen molar-refractivity contribution in [2.24, 2.45) is 0 Å². The first-order valence-electron chi connectivity index (χ1n) is 6.38. The lowest BCUT2D eigenvalue weighted by Gasteiger charge is -2.16. The predicted molar refractivity (Wildman–Crippen MR) is 70.0 cm³/mol. The Labute approximate surface area is 103 Å². The molecule has 1 saturated heterocycles. The van der Waals surface area contributed by atoms with Crippen LogP contribution in [0.25, 0.3) is 0 Å². The minimum atomic E-state index is 0.0925. The number of likely N-dealkylation sites (tertiary alicyclic amines) is 1. The molecular formula is C15H19NO. The third-order valence-corrected chi connectivity index (χ3v) is 3.14. The maximum absolute atomic E-state index is 11.9. The van der Waals surface area contributed by atoms with Crippen molar-refractivity contribution < 1.29 is 4.79 Å². The van der Waals surface area contributed by atoms with Crippen LogP contribution in [-0.2, 0) is 0 Å². The third kappa shape index (κ3) is 3.74. The van der Waals surface area contributed by atoms with Crippen LogP contribution < -0.4 is 0 Å². The van der Waals surface area contributed by atoms with Crippen molar-refractivity contribution >= 4 is 5.78 Å². The molecule has 1 aromatic carbocycles. The summed E-state index contributed by atoms with van der Waals surface area (Å²) in [5, 5.41) is 0. The van der Waals surface area contributed by atoms with E-state index in [-0.39, 0.29) is 5.78 Å². The first-order chi connectivity index (χ1) is 8.36. The van der Waals surface area contributed by atoms with Crippen LogP contribution in [0.3, 0.4) is 0 Å². The van der Waals surface area contributed by atoms with Gasteiger partial charge in [-0.2, -0.15) is 0 Å². The summed E-state index contributed by atoms with van der Waals surface area (Å²) in [5.41, 5.74) is 0.763. The molecule has 0 aromatic heterocycles. The van der Waals surface area contributed by atoms with Crippen molar-refractivity contribution in [3.05, 3.63) is 48.2 Å².